The van der Waals surface area contributed by atoms with Gasteiger partial charge in [0.15, 0.2) is 5.11 Å². The number of nitrogens with zero attached hydrogens (tertiary/aromatic N) is 2. The first-order chi connectivity index (χ1) is 12.4. The fourth-order valence-corrected chi connectivity index (χ4v) is 3.19. The number of halogens is 1. The topological polar surface area (TPSA) is 41.9 Å². The van der Waals surface area contributed by atoms with Gasteiger partial charge in [-0.3, -0.25) is 4.68 Å². The summed E-state index contributed by atoms with van der Waals surface area (Å²) < 4.78 is 1.96. The second kappa shape index (κ2) is 7.89. The van der Waals surface area contributed by atoms with E-state index in [-0.39, 0.29) is 0 Å². The van der Waals surface area contributed by atoms with Crippen LogP contribution in [0.15, 0.2) is 48.5 Å². The van der Waals surface area contributed by atoms with E-state index in [1.54, 1.807) is 0 Å². The number of hydrogen-bond acceptors (Lipinski definition) is 2. The van der Waals surface area contributed by atoms with E-state index in [9.17, 15) is 0 Å². The minimum Gasteiger partial charge on any atom is -0.332 e. The van der Waals surface area contributed by atoms with Gasteiger partial charge in [0.05, 0.1) is 23.6 Å². The Labute approximate surface area is 164 Å². The lowest BCUT2D eigenvalue weighted by molar-refractivity contribution is 0.659. The summed E-state index contributed by atoms with van der Waals surface area (Å²) in [6, 6.07) is 15.9. The van der Waals surface area contributed by atoms with E-state index in [0.717, 1.165) is 33.3 Å². The van der Waals surface area contributed by atoms with E-state index in [1.165, 1.54) is 5.56 Å². The fourth-order valence-electron chi connectivity index (χ4n) is 2.75. The third kappa shape index (κ3) is 4.42. The smallest absolute Gasteiger partial charge is 0.175 e. The maximum absolute atomic E-state index is 6.08. The molecule has 0 aliphatic heterocycles. The summed E-state index contributed by atoms with van der Waals surface area (Å²) in [5, 5.41) is 12.4. The molecule has 26 heavy (non-hydrogen) atoms. The van der Waals surface area contributed by atoms with Crippen molar-refractivity contribution in [3.63, 3.8) is 0 Å². The summed E-state index contributed by atoms with van der Waals surface area (Å²) >= 11 is 11.5. The molecule has 4 nitrogen and oxygen atoms in total. The normalized spacial score (nSPS) is 10.6. The van der Waals surface area contributed by atoms with Crippen molar-refractivity contribution in [1.29, 1.82) is 0 Å². The molecule has 6 heteroatoms. The number of anilines is 2. The van der Waals surface area contributed by atoms with Crippen LogP contribution >= 0.6 is 23.8 Å². The fraction of sp³-hybridized carbons (Fsp3) is 0.200. The predicted molar refractivity (Wildman–Crippen MR) is 113 cm³/mol. The molecule has 0 saturated carbocycles. The van der Waals surface area contributed by atoms with Gasteiger partial charge in [-0.25, -0.2) is 0 Å². The molecule has 3 aromatic rings. The number of aryl methyl sites for hydroxylation is 2. The highest BCUT2D eigenvalue weighted by molar-refractivity contribution is 7.80. The molecule has 0 radical (unpaired) electrons. The van der Waals surface area contributed by atoms with Gasteiger partial charge in [-0.2, -0.15) is 5.10 Å². The van der Waals surface area contributed by atoms with Crippen molar-refractivity contribution >= 4 is 40.3 Å². The molecule has 0 spiro atoms. The molecule has 2 aromatic carbocycles. The Morgan fingerprint density at radius 3 is 2.50 bits per heavy atom. The first-order valence-electron chi connectivity index (χ1n) is 8.35. The van der Waals surface area contributed by atoms with Crippen molar-refractivity contribution in [1.82, 2.24) is 9.78 Å². The Morgan fingerprint density at radius 2 is 1.81 bits per heavy atom. The van der Waals surface area contributed by atoms with Crippen LogP contribution in [0.3, 0.4) is 0 Å². The van der Waals surface area contributed by atoms with Gasteiger partial charge in [0, 0.05) is 10.7 Å². The number of hydrogen-bond donors (Lipinski definition) is 2. The van der Waals surface area contributed by atoms with E-state index < -0.39 is 0 Å². The maximum atomic E-state index is 6.08. The quantitative estimate of drug-likeness (QED) is 0.597. The highest BCUT2D eigenvalue weighted by atomic mass is 35.5. The average Bonchev–Trinajstić information content (AvgIpc) is 2.84. The molecule has 0 aliphatic rings. The van der Waals surface area contributed by atoms with Crippen LogP contribution in [0.2, 0.25) is 5.02 Å². The van der Waals surface area contributed by atoms with E-state index in [4.69, 9.17) is 23.8 Å². The molecule has 1 heterocycles. The SMILES string of the molecule is Cc1ccc(NC(=S)Nc2c(C)nn(Cc3cccc(Cl)c3)c2C)cc1. The number of nitrogens with one attached hydrogen (secondary N) is 2. The van der Waals surface area contributed by atoms with Gasteiger partial charge >= 0.3 is 0 Å². The van der Waals surface area contributed by atoms with Gasteiger partial charge in [0.2, 0.25) is 0 Å². The third-order valence-electron chi connectivity index (χ3n) is 4.15. The van der Waals surface area contributed by atoms with Crippen LogP contribution in [0, 0.1) is 20.8 Å². The molecule has 134 valence electrons. The molecule has 0 atom stereocenters. The number of aromatic nitrogens is 2. The minimum atomic E-state index is 0.544. The molecular formula is C20H21ClN4S. The summed E-state index contributed by atoms with van der Waals surface area (Å²) in [7, 11) is 0. The summed E-state index contributed by atoms with van der Waals surface area (Å²) in [6.07, 6.45) is 0. The van der Waals surface area contributed by atoms with Crippen molar-refractivity contribution in [2.75, 3.05) is 10.6 Å². The predicted octanol–water partition coefficient (Wildman–Crippen LogP) is 5.32. The Kier molecular flexibility index (Phi) is 5.59. The van der Waals surface area contributed by atoms with Crippen LogP contribution in [0.25, 0.3) is 0 Å². The van der Waals surface area contributed by atoms with Gasteiger partial charge in [0.25, 0.3) is 0 Å². The maximum Gasteiger partial charge on any atom is 0.175 e. The molecule has 0 aliphatic carbocycles. The first kappa shape index (κ1) is 18.4. The Bertz CT molecular complexity index is 931. The van der Waals surface area contributed by atoms with Crippen LogP contribution < -0.4 is 10.6 Å². The summed E-state index contributed by atoms with van der Waals surface area (Å²) in [5.41, 5.74) is 6.12. The van der Waals surface area contributed by atoms with Gasteiger partial charge in [0.1, 0.15) is 0 Å². The molecule has 0 fully saturated rings. The van der Waals surface area contributed by atoms with E-state index in [2.05, 4.69) is 22.7 Å². The van der Waals surface area contributed by atoms with Crippen molar-refractivity contribution < 1.29 is 0 Å². The van der Waals surface area contributed by atoms with Crippen LogP contribution in [0.1, 0.15) is 22.5 Å². The highest BCUT2D eigenvalue weighted by Gasteiger charge is 2.13. The first-order valence-corrected chi connectivity index (χ1v) is 9.14. The van der Waals surface area contributed by atoms with Crippen LogP contribution in [-0.2, 0) is 6.54 Å². The number of rotatable bonds is 4. The zero-order chi connectivity index (χ0) is 18.7. The zero-order valence-electron chi connectivity index (χ0n) is 15.0. The molecular weight excluding hydrogens is 364 g/mol. The van der Waals surface area contributed by atoms with Gasteiger partial charge < -0.3 is 10.6 Å². The van der Waals surface area contributed by atoms with Gasteiger partial charge in [-0.1, -0.05) is 41.4 Å². The molecule has 2 N–H and O–H groups in total. The minimum absolute atomic E-state index is 0.544. The van der Waals surface area contributed by atoms with E-state index >= 15 is 0 Å². The van der Waals surface area contributed by atoms with E-state index in [0.29, 0.717) is 11.7 Å². The lowest BCUT2D eigenvalue weighted by Gasteiger charge is -2.11. The van der Waals surface area contributed by atoms with E-state index in [1.807, 2.05) is 67.1 Å². The molecule has 0 unspecified atom stereocenters. The van der Waals surface area contributed by atoms with Crippen molar-refractivity contribution in [3.8, 4) is 0 Å². The average molecular weight is 385 g/mol. The summed E-state index contributed by atoms with van der Waals surface area (Å²) in [5.74, 6) is 0. The Morgan fingerprint density at radius 1 is 1.08 bits per heavy atom. The molecule has 1 aromatic heterocycles. The lowest BCUT2D eigenvalue weighted by atomic mass is 10.2. The number of thiocarbonyl (C=S) groups is 1. The third-order valence-corrected chi connectivity index (χ3v) is 4.59. The number of benzene rings is 2. The van der Waals surface area contributed by atoms with Crippen LogP contribution in [0.4, 0.5) is 11.4 Å². The molecule has 0 bridgehead atoms. The van der Waals surface area contributed by atoms with Gasteiger partial charge in [-0.15, -0.1) is 0 Å². The summed E-state index contributed by atoms with van der Waals surface area (Å²) in [4.78, 5) is 0. The van der Waals surface area contributed by atoms with Gasteiger partial charge in [-0.05, 0) is 62.8 Å². The van der Waals surface area contributed by atoms with Crippen molar-refractivity contribution in [3.05, 3.63) is 76.1 Å². The monoisotopic (exact) mass is 384 g/mol. The molecule has 3 rings (SSSR count). The Hall–Kier alpha value is -2.37. The summed E-state index contributed by atoms with van der Waals surface area (Å²) in [6.45, 7) is 6.72. The standard InChI is InChI=1S/C20H21ClN4S/c1-13-7-9-18(10-8-13)22-20(26)23-19-14(2)24-25(15(19)3)12-16-5-4-6-17(21)11-16/h4-11H,12H2,1-3H3,(H2,22,23,26). The molecule has 0 amide bonds. The highest BCUT2D eigenvalue weighted by Crippen LogP contribution is 2.22. The lowest BCUT2D eigenvalue weighted by Crippen LogP contribution is -2.20. The molecule has 0 saturated heterocycles. The second-order valence-electron chi connectivity index (χ2n) is 6.28. The van der Waals surface area contributed by atoms with Crippen LogP contribution in [0.5, 0.6) is 0 Å². The van der Waals surface area contributed by atoms with Crippen LogP contribution in [-0.4, -0.2) is 14.9 Å². The zero-order valence-corrected chi connectivity index (χ0v) is 16.6. The second-order valence-corrected chi connectivity index (χ2v) is 7.12. The largest absolute Gasteiger partial charge is 0.332 e. The van der Waals surface area contributed by atoms with Crippen molar-refractivity contribution in [2.45, 2.75) is 27.3 Å². The van der Waals surface area contributed by atoms with Crippen molar-refractivity contribution in [2.24, 2.45) is 0 Å². The Balaban J connectivity index is 1.73.